The van der Waals surface area contributed by atoms with Crippen LogP contribution in [0.4, 0.5) is 0 Å². The quantitative estimate of drug-likeness (QED) is 0.172. The van der Waals surface area contributed by atoms with Crippen molar-refractivity contribution in [2.24, 2.45) is 0 Å². The summed E-state index contributed by atoms with van der Waals surface area (Å²) in [6.45, 7) is 2.39. The Kier molecular flexibility index (Phi) is 13.4. The first-order chi connectivity index (χ1) is 19.9. The van der Waals surface area contributed by atoms with Crippen LogP contribution in [0.3, 0.4) is 0 Å². The first-order valence-corrected chi connectivity index (χ1v) is 15.2. The number of ether oxygens (including phenoxy) is 1. The zero-order chi connectivity index (χ0) is 29.0. The summed E-state index contributed by atoms with van der Waals surface area (Å²) in [7, 11) is 0. The zero-order valence-corrected chi connectivity index (χ0v) is 24.4. The van der Waals surface area contributed by atoms with Crippen molar-refractivity contribution in [1.29, 1.82) is 0 Å². The second-order valence-corrected chi connectivity index (χ2v) is 11.1. The Bertz CT molecular complexity index is 1390. The van der Waals surface area contributed by atoms with Gasteiger partial charge in [0, 0.05) is 5.56 Å². The van der Waals surface area contributed by atoms with E-state index in [9.17, 15) is 14.7 Å². The van der Waals surface area contributed by atoms with Gasteiger partial charge in [-0.25, -0.2) is 4.79 Å². The summed E-state index contributed by atoms with van der Waals surface area (Å²) in [5.41, 5.74) is 6.56. The molecule has 0 saturated heterocycles. The number of rotatable bonds is 14. The average molecular weight is 576 g/mol. The Morgan fingerprint density at radius 1 is 0.810 bits per heavy atom. The molecule has 4 aromatic carbocycles. The molecule has 0 unspecified atom stereocenters. The van der Waals surface area contributed by atoms with Gasteiger partial charge in [-0.3, -0.25) is 4.79 Å². The molecule has 4 aromatic rings. The molecule has 0 aromatic heterocycles. The van der Waals surface area contributed by atoms with E-state index in [1.807, 2.05) is 86.0 Å². The third-order valence-corrected chi connectivity index (χ3v) is 7.72. The first-order valence-electron chi connectivity index (χ1n) is 13.9. The van der Waals surface area contributed by atoms with Crippen molar-refractivity contribution < 1.29 is 19.4 Å². The van der Waals surface area contributed by atoms with Gasteiger partial charge in [-0.2, -0.15) is 11.8 Å². The Morgan fingerprint density at radius 3 is 1.98 bits per heavy atom. The van der Waals surface area contributed by atoms with Gasteiger partial charge in [-0.05, 0) is 83.7 Å². The van der Waals surface area contributed by atoms with E-state index in [1.165, 1.54) is 11.1 Å². The SMILES string of the molecule is CSCC[C@H](NC(=O)c1ccc(COC(Cc2ccccc2)Cc2ccccc2)cc1-c1ccccc1C)C(=O)O.[LiH]. The fourth-order valence-electron chi connectivity index (χ4n) is 4.86. The van der Waals surface area contributed by atoms with Gasteiger partial charge in [-0.1, -0.05) is 91.0 Å². The van der Waals surface area contributed by atoms with Crippen molar-refractivity contribution in [2.75, 3.05) is 12.0 Å². The standard InChI is InChI=1S/C35H37NO4S.Li.H/c1-25-11-9-10-16-30(25)32-23-28(17-18-31(32)34(37)36-33(35(38)39)19-20-41-2)24-40-29(21-26-12-5-3-6-13-26)22-27-14-7-4-8-15-27;;/h3-18,23,29,33H,19-22,24H2,1-2H3,(H,36,37)(H,38,39);;/t33-;;/m0../s1. The molecule has 4 rings (SSSR count). The maximum absolute atomic E-state index is 13.4. The number of nitrogens with one attached hydrogen (secondary N) is 1. The number of thioether (sulfide) groups is 1. The predicted octanol–water partition coefficient (Wildman–Crippen LogP) is 6.32. The van der Waals surface area contributed by atoms with Crippen LogP contribution < -0.4 is 5.32 Å². The number of carbonyl (C=O) groups excluding carboxylic acids is 1. The molecule has 1 amide bonds. The van der Waals surface area contributed by atoms with Gasteiger partial charge in [0.1, 0.15) is 6.04 Å². The summed E-state index contributed by atoms with van der Waals surface area (Å²) in [5.74, 6) is -0.779. The van der Waals surface area contributed by atoms with E-state index in [0.29, 0.717) is 24.3 Å². The number of carbonyl (C=O) groups is 2. The van der Waals surface area contributed by atoms with E-state index in [2.05, 4.69) is 29.6 Å². The number of benzene rings is 4. The fraction of sp³-hybridized carbons (Fsp3) is 0.257. The Balaban J connectivity index is 0.00000484. The molecule has 0 aliphatic rings. The second-order valence-electron chi connectivity index (χ2n) is 10.2. The normalized spacial score (nSPS) is 11.5. The maximum atomic E-state index is 13.4. The molecular formula is C35H38LiNO4S. The van der Waals surface area contributed by atoms with Crippen molar-refractivity contribution in [2.45, 2.75) is 44.9 Å². The molecule has 0 aliphatic carbocycles. The van der Waals surface area contributed by atoms with Gasteiger partial charge >= 0.3 is 24.8 Å². The number of carboxylic acids is 1. The monoisotopic (exact) mass is 575 g/mol. The summed E-state index contributed by atoms with van der Waals surface area (Å²) in [6, 6.07) is 33.3. The van der Waals surface area contributed by atoms with Crippen LogP contribution in [0.15, 0.2) is 103 Å². The zero-order valence-electron chi connectivity index (χ0n) is 23.6. The van der Waals surface area contributed by atoms with E-state index in [4.69, 9.17) is 4.74 Å². The molecule has 0 saturated carbocycles. The second kappa shape index (κ2) is 17.0. The van der Waals surface area contributed by atoms with Crippen LogP contribution in [0.5, 0.6) is 0 Å². The molecule has 2 N–H and O–H groups in total. The molecule has 0 fully saturated rings. The van der Waals surface area contributed by atoms with Crippen molar-refractivity contribution in [3.05, 3.63) is 131 Å². The average Bonchev–Trinajstić information content (AvgIpc) is 2.99. The molecule has 0 bridgehead atoms. The van der Waals surface area contributed by atoms with Crippen LogP contribution in [0.1, 0.15) is 39.0 Å². The third kappa shape index (κ3) is 9.64. The summed E-state index contributed by atoms with van der Waals surface area (Å²) in [4.78, 5) is 25.2. The molecule has 0 radical (unpaired) electrons. The van der Waals surface area contributed by atoms with Gasteiger partial charge in [-0.15, -0.1) is 0 Å². The van der Waals surface area contributed by atoms with Crippen LogP contribution >= 0.6 is 11.8 Å². The van der Waals surface area contributed by atoms with Gasteiger partial charge < -0.3 is 15.2 Å². The number of hydrogen-bond acceptors (Lipinski definition) is 4. The van der Waals surface area contributed by atoms with Crippen LogP contribution in [0, 0.1) is 6.92 Å². The van der Waals surface area contributed by atoms with Crippen molar-refractivity contribution in [1.82, 2.24) is 5.32 Å². The summed E-state index contributed by atoms with van der Waals surface area (Å²) < 4.78 is 6.52. The van der Waals surface area contributed by atoms with E-state index < -0.39 is 17.9 Å². The molecule has 5 nitrogen and oxygen atoms in total. The molecule has 0 aliphatic heterocycles. The minimum absolute atomic E-state index is 0. The summed E-state index contributed by atoms with van der Waals surface area (Å²) >= 11 is 1.55. The van der Waals surface area contributed by atoms with Gasteiger partial charge in [0.2, 0.25) is 0 Å². The Morgan fingerprint density at radius 2 is 1.40 bits per heavy atom. The van der Waals surface area contributed by atoms with Gasteiger partial charge in [0.25, 0.3) is 5.91 Å². The van der Waals surface area contributed by atoms with Gasteiger partial charge in [0.15, 0.2) is 0 Å². The van der Waals surface area contributed by atoms with Crippen LogP contribution in [-0.4, -0.2) is 60.0 Å². The van der Waals surface area contributed by atoms with Gasteiger partial charge in [0.05, 0.1) is 12.7 Å². The Labute approximate surface area is 265 Å². The fourth-order valence-corrected chi connectivity index (χ4v) is 5.34. The minimum atomic E-state index is -1.03. The predicted molar refractivity (Wildman–Crippen MR) is 175 cm³/mol. The molecule has 1 atom stereocenters. The molecule has 42 heavy (non-hydrogen) atoms. The van der Waals surface area contributed by atoms with Crippen molar-refractivity contribution in [3.8, 4) is 11.1 Å². The first kappa shape index (κ1) is 33.2. The van der Waals surface area contributed by atoms with E-state index in [1.54, 1.807) is 17.8 Å². The van der Waals surface area contributed by atoms with Crippen molar-refractivity contribution >= 4 is 42.5 Å². The number of aryl methyl sites for hydroxylation is 1. The Hall–Kier alpha value is -3.27. The van der Waals surface area contributed by atoms with Crippen LogP contribution in [0.25, 0.3) is 11.1 Å². The van der Waals surface area contributed by atoms with E-state index in [-0.39, 0.29) is 25.0 Å². The molecule has 0 spiro atoms. The third-order valence-electron chi connectivity index (χ3n) is 7.08. The topological polar surface area (TPSA) is 75.6 Å². The summed E-state index contributed by atoms with van der Waals surface area (Å²) in [6.07, 6.45) is 3.82. The molecule has 0 heterocycles. The number of carboxylic acid groups (broad SMARTS) is 1. The van der Waals surface area contributed by atoms with Crippen LogP contribution in [-0.2, 0) is 29.0 Å². The molecule has 7 heteroatoms. The van der Waals surface area contributed by atoms with E-state index >= 15 is 0 Å². The number of aliphatic carboxylic acids is 1. The van der Waals surface area contributed by atoms with E-state index in [0.717, 1.165) is 35.1 Å². The number of amides is 1. The molecule has 214 valence electrons. The van der Waals surface area contributed by atoms with Crippen LogP contribution in [0.2, 0.25) is 0 Å². The number of hydrogen-bond donors (Lipinski definition) is 2. The van der Waals surface area contributed by atoms with Crippen molar-refractivity contribution in [3.63, 3.8) is 0 Å². The molecular weight excluding hydrogens is 537 g/mol. The summed E-state index contributed by atoms with van der Waals surface area (Å²) in [5, 5.41) is 12.4.